The van der Waals surface area contributed by atoms with E-state index >= 15 is 0 Å². The van der Waals surface area contributed by atoms with Gasteiger partial charge in [0.25, 0.3) is 6.21 Å². The third-order valence-corrected chi connectivity index (χ3v) is 11.8. The van der Waals surface area contributed by atoms with Crippen LogP contribution in [0.15, 0.2) is 182 Å². The van der Waals surface area contributed by atoms with Crippen LogP contribution >= 0.6 is 0 Å². The van der Waals surface area contributed by atoms with Crippen molar-refractivity contribution in [3.63, 3.8) is 0 Å². The largest absolute Gasteiger partial charge is 0.347 e. The van der Waals surface area contributed by atoms with Crippen LogP contribution < -0.4 is 4.67 Å². The molecule has 5 heterocycles. The van der Waals surface area contributed by atoms with Gasteiger partial charge in [-0.15, -0.1) is 0 Å². The van der Waals surface area contributed by atoms with Gasteiger partial charge >= 0.3 is 5.71 Å². The van der Waals surface area contributed by atoms with E-state index in [0.29, 0.717) is 0 Å². The van der Waals surface area contributed by atoms with E-state index in [1.54, 1.807) is 0 Å². The number of fused-ring (bicyclic) bond motifs is 9. The zero-order valence-corrected chi connectivity index (χ0v) is 29.7. The Hall–Kier alpha value is -7.46. The van der Waals surface area contributed by atoms with Gasteiger partial charge in [-0.25, -0.2) is 0 Å². The zero-order valence-electron chi connectivity index (χ0n) is 29.7. The summed E-state index contributed by atoms with van der Waals surface area (Å²) < 4.78 is 9.69. The summed E-state index contributed by atoms with van der Waals surface area (Å²) in [6.45, 7) is 0. The second-order valence-electron chi connectivity index (χ2n) is 14.5. The molecule has 4 aromatic heterocycles. The number of pyridine rings is 1. The van der Waals surface area contributed by atoms with Gasteiger partial charge in [-0.2, -0.15) is 0 Å². The lowest BCUT2D eigenvalue weighted by Gasteiger charge is -2.25. The number of benzene rings is 6. The van der Waals surface area contributed by atoms with Crippen LogP contribution in [-0.4, -0.2) is 31.0 Å². The minimum Gasteiger partial charge on any atom is -0.347 e. The molecule has 55 heavy (non-hydrogen) atoms. The van der Waals surface area contributed by atoms with Crippen molar-refractivity contribution in [2.45, 2.75) is 5.41 Å². The standard InChI is InChI=1S/C50H32N5/c1-4-13-42-36(10-1)40-31-46-41(30-43(40)50(42,48-17-9-28-52-48)47-16-7-8-27-51-47)38-12-3-5-14-44(38)54(46)34-22-18-32(19-23-34)33-20-24-35(25-21-33)55-45-15-6-2-11-37(45)39-26-29-53-49(39)55/h1-31,53H/q+1. The maximum absolute atomic E-state index is 5.01. The molecule has 5 nitrogen and oxygen atoms in total. The van der Waals surface area contributed by atoms with E-state index in [0.717, 1.165) is 28.4 Å². The van der Waals surface area contributed by atoms with Crippen molar-refractivity contribution < 1.29 is 0 Å². The maximum atomic E-state index is 5.01. The quantitative estimate of drug-likeness (QED) is 0.178. The molecule has 12 rings (SSSR count). The van der Waals surface area contributed by atoms with Gasteiger partial charge in [0.15, 0.2) is 5.41 Å². The molecule has 1 atom stereocenters. The molecule has 1 aliphatic carbocycles. The molecule has 2 aliphatic rings. The number of hydrogen-bond acceptors (Lipinski definition) is 1. The third-order valence-electron chi connectivity index (χ3n) is 11.8. The molecule has 10 aromatic rings. The van der Waals surface area contributed by atoms with Gasteiger partial charge < -0.3 is 9.55 Å². The summed E-state index contributed by atoms with van der Waals surface area (Å²) in [5.74, 6) is 0. The second kappa shape index (κ2) is 11.3. The molecule has 0 bridgehead atoms. The molecule has 0 amide bonds. The highest BCUT2D eigenvalue weighted by molar-refractivity contribution is 6.19. The lowest BCUT2D eigenvalue weighted by atomic mass is 9.71. The lowest BCUT2D eigenvalue weighted by molar-refractivity contribution is 0.816. The van der Waals surface area contributed by atoms with Gasteiger partial charge in [-0.3, -0.25) is 9.55 Å². The minimum absolute atomic E-state index is 0.632. The SMILES string of the molecule is C1=CC(C2(c3ccccn3)c3ccccc3-c3cc4c(cc32)c2ccccc2n4-c2ccc(-c3ccc(-n4c5ccccc5c5cc[nH]c54)cc3)cc2)=[N+]=C1. The van der Waals surface area contributed by atoms with Crippen LogP contribution in [0, 0.1) is 0 Å². The first-order chi connectivity index (χ1) is 27.3. The average Bonchev–Trinajstić information content (AvgIpc) is 4.09. The number of nitrogens with zero attached hydrogens (tertiary/aromatic N) is 4. The number of H-pyrrole nitrogens is 1. The van der Waals surface area contributed by atoms with E-state index in [1.165, 1.54) is 71.5 Å². The molecule has 1 N–H and O–H groups in total. The van der Waals surface area contributed by atoms with E-state index in [4.69, 9.17) is 9.65 Å². The van der Waals surface area contributed by atoms with Crippen molar-refractivity contribution in [2.75, 3.05) is 0 Å². The molecule has 1 unspecified atom stereocenters. The molecule has 0 radical (unpaired) electrons. The number of hydrogen-bond donors (Lipinski definition) is 1. The molecule has 6 aromatic carbocycles. The Labute approximate surface area is 316 Å². The number of allylic oxidation sites excluding steroid dienone is 2. The van der Waals surface area contributed by atoms with E-state index < -0.39 is 5.41 Å². The molecule has 0 spiro atoms. The van der Waals surface area contributed by atoms with Crippen LogP contribution in [0.4, 0.5) is 0 Å². The Balaban J connectivity index is 1.00. The van der Waals surface area contributed by atoms with Crippen LogP contribution in [0.5, 0.6) is 0 Å². The number of aromatic amines is 1. The topological polar surface area (TPSA) is 52.6 Å². The molecular weight excluding hydrogens is 671 g/mol. The Morgan fingerprint density at radius 3 is 1.93 bits per heavy atom. The lowest BCUT2D eigenvalue weighted by Crippen LogP contribution is -2.37. The van der Waals surface area contributed by atoms with Crippen LogP contribution in [0.3, 0.4) is 0 Å². The van der Waals surface area contributed by atoms with Gasteiger partial charge in [-0.1, -0.05) is 95.7 Å². The van der Waals surface area contributed by atoms with Gasteiger partial charge in [0, 0.05) is 57.5 Å². The predicted molar refractivity (Wildman–Crippen MR) is 227 cm³/mol. The first-order valence-electron chi connectivity index (χ1n) is 18.7. The van der Waals surface area contributed by atoms with E-state index in [9.17, 15) is 0 Å². The summed E-state index contributed by atoms with van der Waals surface area (Å²) in [4.78, 5) is 8.47. The summed E-state index contributed by atoms with van der Waals surface area (Å²) in [6.07, 6.45) is 9.99. The molecule has 0 fully saturated rings. The van der Waals surface area contributed by atoms with Gasteiger partial charge in [0.05, 0.1) is 22.2 Å². The van der Waals surface area contributed by atoms with E-state index in [2.05, 4.69) is 172 Å². The van der Waals surface area contributed by atoms with Crippen LogP contribution in [0.25, 0.3) is 77.4 Å². The highest BCUT2D eigenvalue weighted by atomic mass is 15.0. The fourth-order valence-corrected chi connectivity index (χ4v) is 9.46. The fourth-order valence-electron chi connectivity index (χ4n) is 9.46. The van der Waals surface area contributed by atoms with Crippen LogP contribution in [-0.2, 0) is 5.41 Å². The van der Waals surface area contributed by atoms with Crippen molar-refractivity contribution in [1.82, 2.24) is 23.8 Å². The Bertz CT molecular complexity index is 3280. The highest BCUT2D eigenvalue weighted by Gasteiger charge is 2.55. The summed E-state index contributed by atoms with van der Waals surface area (Å²) in [5.41, 5.74) is 15.5. The number of aromatic nitrogens is 4. The number of rotatable bonds is 5. The summed E-state index contributed by atoms with van der Waals surface area (Å²) in [7, 11) is 0. The predicted octanol–water partition coefficient (Wildman–Crippen LogP) is 10.7. The van der Waals surface area contributed by atoms with Crippen molar-refractivity contribution in [2.24, 2.45) is 0 Å². The first kappa shape index (κ1) is 30.0. The van der Waals surface area contributed by atoms with Gasteiger partial charge in [-0.05, 0) is 100 Å². The van der Waals surface area contributed by atoms with Gasteiger partial charge in [0.1, 0.15) is 5.65 Å². The van der Waals surface area contributed by atoms with Gasteiger partial charge in [0.2, 0.25) is 0 Å². The van der Waals surface area contributed by atoms with Crippen molar-refractivity contribution in [3.05, 3.63) is 199 Å². The number of nitrogens with one attached hydrogen (secondary N) is 1. The fraction of sp³-hybridized carbons (Fsp3) is 0.0200. The molecule has 5 heteroatoms. The Morgan fingerprint density at radius 2 is 1.20 bits per heavy atom. The molecule has 0 saturated carbocycles. The maximum Gasteiger partial charge on any atom is 0.324 e. The summed E-state index contributed by atoms with van der Waals surface area (Å²) in [5, 5.41) is 4.92. The Kier molecular flexibility index (Phi) is 6.16. The van der Waals surface area contributed by atoms with Crippen molar-refractivity contribution in [3.8, 4) is 33.6 Å². The van der Waals surface area contributed by atoms with Crippen LogP contribution in [0.1, 0.15) is 16.8 Å². The second-order valence-corrected chi connectivity index (χ2v) is 14.5. The molecular formula is C50H32N5+. The zero-order chi connectivity index (χ0) is 36.1. The third kappa shape index (κ3) is 4.07. The minimum atomic E-state index is -0.632. The van der Waals surface area contributed by atoms with E-state index in [-0.39, 0.29) is 0 Å². The smallest absolute Gasteiger partial charge is 0.324 e. The Morgan fingerprint density at radius 1 is 0.527 bits per heavy atom. The average molecular weight is 703 g/mol. The number of para-hydroxylation sites is 2. The monoisotopic (exact) mass is 702 g/mol. The first-order valence-corrected chi connectivity index (χ1v) is 18.7. The highest BCUT2D eigenvalue weighted by Crippen LogP contribution is 2.54. The molecule has 0 saturated heterocycles. The molecule has 256 valence electrons. The normalized spacial score (nSPS) is 15.7. The summed E-state index contributed by atoms with van der Waals surface area (Å²) >= 11 is 0. The van der Waals surface area contributed by atoms with Crippen molar-refractivity contribution in [1.29, 1.82) is 0 Å². The van der Waals surface area contributed by atoms with E-state index in [1.807, 2.05) is 30.8 Å². The summed E-state index contributed by atoms with van der Waals surface area (Å²) in [6, 6.07) is 57.2. The molecule has 1 aliphatic heterocycles. The van der Waals surface area contributed by atoms with Crippen LogP contribution in [0.2, 0.25) is 0 Å². The van der Waals surface area contributed by atoms with Crippen molar-refractivity contribution >= 4 is 55.7 Å².